The van der Waals surface area contributed by atoms with Crippen LogP contribution in [0, 0.1) is 0 Å². The second kappa shape index (κ2) is 5.63. The van der Waals surface area contributed by atoms with Gasteiger partial charge in [0.15, 0.2) is 0 Å². The fraction of sp³-hybridized carbons (Fsp3) is 0.538. The zero-order valence-electron chi connectivity index (χ0n) is 9.10. The van der Waals surface area contributed by atoms with Crippen LogP contribution in [0.25, 0.3) is 0 Å². The molecular formula is C13H19OP. The largest absolute Gasteiger partial charge is 0.396 e. The molecule has 1 aromatic rings. The van der Waals surface area contributed by atoms with Gasteiger partial charge in [-0.2, -0.15) is 0 Å². The van der Waals surface area contributed by atoms with Crippen LogP contribution >= 0.6 is 7.92 Å². The van der Waals surface area contributed by atoms with Crippen LogP contribution in [-0.4, -0.2) is 23.5 Å². The molecule has 1 aliphatic rings. The van der Waals surface area contributed by atoms with E-state index in [-0.39, 0.29) is 7.92 Å². The minimum absolute atomic E-state index is 0.0736. The Hall–Kier alpha value is -0.390. The maximum absolute atomic E-state index is 8.89. The van der Waals surface area contributed by atoms with E-state index >= 15 is 0 Å². The molecular weight excluding hydrogens is 203 g/mol. The van der Waals surface area contributed by atoms with Crippen LogP contribution < -0.4 is 5.30 Å². The molecule has 0 amide bonds. The van der Waals surface area contributed by atoms with Crippen molar-refractivity contribution in [2.75, 3.05) is 12.8 Å². The van der Waals surface area contributed by atoms with E-state index in [0.29, 0.717) is 6.61 Å². The summed E-state index contributed by atoms with van der Waals surface area (Å²) in [6.07, 6.45) is 6.36. The van der Waals surface area contributed by atoms with Crippen molar-refractivity contribution in [1.82, 2.24) is 0 Å². The average molecular weight is 222 g/mol. The molecule has 0 aliphatic carbocycles. The van der Waals surface area contributed by atoms with E-state index in [0.717, 1.165) is 12.1 Å². The van der Waals surface area contributed by atoms with Crippen molar-refractivity contribution in [3.63, 3.8) is 0 Å². The van der Waals surface area contributed by atoms with E-state index in [1.54, 1.807) is 5.30 Å². The molecule has 1 saturated heterocycles. The van der Waals surface area contributed by atoms with Crippen molar-refractivity contribution in [1.29, 1.82) is 0 Å². The third kappa shape index (κ3) is 2.80. The third-order valence-electron chi connectivity index (χ3n) is 3.16. The summed E-state index contributed by atoms with van der Waals surface area (Å²) in [7, 11) is 0.0736. The van der Waals surface area contributed by atoms with Gasteiger partial charge in [0, 0.05) is 6.61 Å². The van der Waals surface area contributed by atoms with Gasteiger partial charge in [-0.25, -0.2) is 0 Å². The molecule has 1 fully saturated rings. The Morgan fingerprint density at radius 3 is 2.80 bits per heavy atom. The summed E-state index contributed by atoms with van der Waals surface area (Å²) >= 11 is 0. The standard InChI is InChI=1S/C13H19OP/c14-10-4-8-13-9-5-11-15(13)12-6-2-1-3-7-12/h1-3,6-7,13-14H,4-5,8-11H2. The fourth-order valence-electron chi connectivity index (χ4n) is 2.42. The van der Waals surface area contributed by atoms with Gasteiger partial charge in [-0.3, -0.25) is 0 Å². The highest BCUT2D eigenvalue weighted by Gasteiger charge is 2.27. The quantitative estimate of drug-likeness (QED) is 0.777. The molecule has 0 bridgehead atoms. The molecule has 2 atom stereocenters. The molecule has 0 aromatic heterocycles. The van der Waals surface area contributed by atoms with Crippen LogP contribution in [0.2, 0.25) is 0 Å². The topological polar surface area (TPSA) is 20.2 Å². The third-order valence-corrected chi connectivity index (χ3v) is 6.32. The molecule has 0 spiro atoms. The molecule has 15 heavy (non-hydrogen) atoms. The van der Waals surface area contributed by atoms with Gasteiger partial charge in [-0.15, -0.1) is 0 Å². The van der Waals surface area contributed by atoms with Gasteiger partial charge in [-0.05, 0) is 42.8 Å². The predicted molar refractivity (Wildman–Crippen MR) is 67.2 cm³/mol. The fourth-order valence-corrected chi connectivity index (χ4v) is 5.53. The highest BCUT2D eigenvalue weighted by molar-refractivity contribution is 7.66. The summed E-state index contributed by atoms with van der Waals surface area (Å²) in [6.45, 7) is 0.356. The van der Waals surface area contributed by atoms with Gasteiger partial charge in [0.2, 0.25) is 0 Å². The van der Waals surface area contributed by atoms with Crippen molar-refractivity contribution < 1.29 is 5.11 Å². The SMILES string of the molecule is OCCCC1CCCP1c1ccccc1. The van der Waals surface area contributed by atoms with Crippen LogP contribution in [0.1, 0.15) is 25.7 Å². The van der Waals surface area contributed by atoms with Crippen molar-refractivity contribution in [3.8, 4) is 0 Å². The van der Waals surface area contributed by atoms with Gasteiger partial charge >= 0.3 is 0 Å². The molecule has 2 unspecified atom stereocenters. The Morgan fingerprint density at radius 1 is 1.27 bits per heavy atom. The molecule has 1 aliphatic heterocycles. The number of rotatable bonds is 4. The molecule has 2 rings (SSSR count). The van der Waals surface area contributed by atoms with Crippen LogP contribution in [0.15, 0.2) is 30.3 Å². The monoisotopic (exact) mass is 222 g/mol. The Kier molecular flexibility index (Phi) is 4.17. The normalized spacial score (nSPS) is 25.7. The molecule has 1 N–H and O–H groups in total. The van der Waals surface area contributed by atoms with Gasteiger partial charge in [0.25, 0.3) is 0 Å². The van der Waals surface area contributed by atoms with E-state index in [2.05, 4.69) is 30.3 Å². The van der Waals surface area contributed by atoms with E-state index in [1.807, 2.05) is 0 Å². The highest BCUT2D eigenvalue weighted by atomic mass is 31.1. The smallest absolute Gasteiger partial charge is 0.0431 e. The van der Waals surface area contributed by atoms with E-state index in [4.69, 9.17) is 5.11 Å². The molecule has 1 aromatic carbocycles. The Labute approximate surface area is 93.3 Å². The minimum Gasteiger partial charge on any atom is -0.396 e. The van der Waals surface area contributed by atoms with E-state index in [9.17, 15) is 0 Å². The number of benzene rings is 1. The molecule has 1 heterocycles. The maximum Gasteiger partial charge on any atom is 0.0431 e. The first-order valence-corrected chi connectivity index (χ1v) is 7.44. The summed E-state index contributed by atoms with van der Waals surface area (Å²) < 4.78 is 0. The van der Waals surface area contributed by atoms with Crippen molar-refractivity contribution in [2.24, 2.45) is 0 Å². The summed E-state index contributed by atoms with van der Waals surface area (Å²) in [5, 5.41) is 10.5. The summed E-state index contributed by atoms with van der Waals surface area (Å²) in [5.74, 6) is 0. The van der Waals surface area contributed by atoms with E-state index in [1.165, 1.54) is 25.4 Å². The molecule has 82 valence electrons. The molecule has 2 heteroatoms. The zero-order valence-corrected chi connectivity index (χ0v) is 10.00. The lowest BCUT2D eigenvalue weighted by Gasteiger charge is -2.20. The van der Waals surface area contributed by atoms with Crippen molar-refractivity contribution >= 4 is 13.2 Å². The summed E-state index contributed by atoms with van der Waals surface area (Å²) in [4.78, 5) is 0. The number of hydrogen-bond acceptors (Lipinski definition) is 1. The first-order chi connectivity index (χ1) is 7.42. The second-order valence-corrected chi connectivity index (χ2v) is 6.82. The van der Waals surface area contributed by atoms with Crippen LogP contribution in [0.3, 0.4) is 0 Å². The van der Waals surface area contributed by atoms with Crippen LogP contribution in [0.5, 0.6) is 0 Å². The van der Waals surface area contributed by atoms with Gasteiger partial charge in [-0.1, -0.05) is 38.3 Å². The van der Waals surface area contributed by atoms with Crippen LogP contribution in [-0.2, 0) is 0 Å². The molecule has 1 nitrogen and oxygen atoms in total. The number of aliphatic hydroxyl groups is 1. The Morgan fingerprint density at radius 2 is 2.07 bits per heavy atom. The number of aliphatic hydroxyl groups excluding tert-OH is 1. The van der Waals surface area contributed by atoms with Crippen molar-refractivity contribution in [2.45, 2.75) is 31.3 Å². The lowest BCUT2D eigenvalue weighted by molar-refractivity contribution is 0.283. The zero-order chi connectivity index (χ0) is 10.5. The maximum atomic E-state index is 8.89. The first-order valence-electron chi connectivity index (χ1n) is 5.84. The van der Waals surface area contributed by atoms with Crippen molar-refractivity contribution in [3.05, 3.63) is 30.3 Å². The van der Waals surface area contributed by atoms with Gasteiger partial charge in [0.1, 0.15) is 0 Å². The first kappa shape index (κ1) is 11.1. The highest BCUT2D eigenvalue weighted by Crippen LogP contribution is 2.50. The molecule has 0 saturated carbocycles. The minimum atomic E-state index is 0.0736. The van der Waals surface area contributed by atoms with E-state index < -0.39 is 0 Å². The van der Waals surface area contributed by atoms with Gasteiger partial charge < -0.3 is 5.11 Å². The summed E-state index contributed by atoms with van der Waals surface area (Å²) in [6, 6.07) is 11.0. The predicted octanol–water partition coefficient (Wildman–Crippen LogP) is 2.73. The average Bonchev–Trinajstić information content (AvgIpc) is 2.75. The lowest BCUT2D eigenvalue weighted by atomic mass is 10.2. The van der Waals surface area contributed by atoms with Gasteiger partial charge in [0.05, 0.1) is 0 Å². The Bertz CT molecular complexity index is 286. The van der Waals surface area contributed by atoms with Crippen LogP contribution in [0.4, 0.5) is 0 Å². The summed E-state index contributed by atoms with van der Waals surface area (Å²) in [5.41, 5.74) is 0.870. The number of hydrogen-bond donors (Lipinski definition) is 1. The second-order valence-electron chi connectivity index (χ2n) is 4.19. The lowest BCUT2D eigenvalue weighted by Crippen LogP contribution is -2.10. The Balaban J connectivity index is 2.01. The molecule has 0 radical (unpaired) electrons.